The van der Waals surface area contributed by atoms with Crippen molar-refractivity contribution < 1.29 is 4.57 Å². The predicted octanol–water partition coefficient (Wildman–Crippen LogP) is 4.57. The maximum absolute atomic E-state index is 12.6. The molecule has 0 aliphatic carbocycles. The van der Waals surface area contributed by atoms with E-state index in [9.17, 15) is 4.57 Å². The predicted molar refractivity (Wildman–Crippen MR) is 88.4 cm³/mol. The van der Waals surface area contributed by atoms with Gasteiger partial charge in [-0.15, -0.1) is 0 Å². The van der Waals surface area contributed by atoms with E-state index < -0.39 is 7.14 Å². The lowest BCUT2D eigenvalue weighted by atomic mass is 9.92. The Balaban J connectivity index is 2.43. The average Bonchev–Trinajstić information content (AvgIpc) is 2.37. The second kappa shape index (κ2) is 6.03. The molecule has 0 amide bonds. The summed E-state index contributed by atoms with van der Waals surface area (Å²) in [7, 11) is -1.98. The topological polar surface area (TPSA) is 20.3 Å². The van der Waals surface area contributed by atoms with Crippen molar-refractivity contribution in [2.24, 2.45) is 0 Å². The van der Waals surface area contributed by atoms with E-state index in [-0.39, 0.29) is 0 Å². The summed E-state index contributed by atoms with van der Waals surface area (Å²) in [6.45, 7) is 11.9. The Kier molecular flexibility index (Phi) is 4.76. The van der Waals surface area contributed by atoms with E-state index in [0.29, 0.717) is 18.0 Å². The maximum atomic E-state index is 12.6. The molecule has 20 heavy (non-hydrogen) atoms. The smallest absolute Gasteiger partial charge is 0.0879 e. The van der Waals surface area contributed by atoms with Crippen LogP contribution >= 0.6 is 7.14 Å². The Morgan fingerprint density at radius 1 is 1.20 bits per heavy atom. The van der Waals surface area contributed by atoms with Gasteiger partial charge in [-0.3, -0.25) is 4.90 Å². The minimum absolute atomic E-state index is 0.318. The molecule has 2 nitrogen and oxygen atoms in total. The zero-order valence-electron chi connectivity index (χ0n) is 13.5. The molecule has 2 rings (SSSR count). The van der Waals surface area contributed by atoms with Crippen molar-refractivity contribution in [1.82, 2.24) is 4.90 Å². The molecule has 0 bridgehead atoms. The first-order chi connectivity index (χ1) is 9.32. The number of nitrogens with zero attached hydrogens (tertiary/aromatic N) is 1. The van der Waals surface area contributed by atoms with Crippen LogP contribution in [0, 0.1) is 0 Å². The fourth-order valence-corrected chi connectivity index (χ4v) is 5.25. The van der Waals surface area contributed by atoms with Crippen LogP contribution in [0.1, 0.15) is 50.8 Å². The van der Waals surface area contributed by atoms with Crippen molar-refractivity contribution in [2.75, 3.05) is 25.5 Å². The zero-order valence-corrected chi connectivity index (χ0v) is 14.4. The summed E-state index contributed by atoms with van der Waals surface area (Å²) in [6, 6.07) is 9.52. The molecular weight excluding hydrogens is 265 g/mol. The van der Waals surface area contributed by atoms with Gasteiger partial charge < -0.3 is 4.57 Å². The van der Waals surface area contributed by atoms with E-state index in [4.69, 9.17) is 0 Å². The molecule has 2 unspecified atom stereocenters. The highest BCUT2D eigenvalue weighted by Crippen LogP contribution is 2.50. The summed E-state index contributed by atoms with van der Waals surface area (Å²) in [6.07, 6.45) is 1.69. The van der Waals surface area contributed by atoms with Crippen LogP contribution in [0.5, 0.6) is 0 Å². The van der Waals surface area contributed by atoms with Crippen LogP contribution in [0.4, 0.5) is 0 Å². The van der Waals surface area contributed by atoms with E-state index in [1.165, 1.54) is 11.1 Å². The molecule has 1 aromatic rings. The third kappa shape index (κ3) is 3.35. The first-order valence-electron chi connectivity index (χ1n) is 7.72. The molecular formula is C17H28NOP. The fourth-order valence-electron chi connectivity index (χ4n) is 3.28. The lowest BCUT2D eigenvalue weighted by Gasteiger charge is -2.42. The van der Waals surface area contributed by atoms with Gasteiger partial charge in [0.05, 0.1) is 7.14 Å². The SMILES string of the molecule is CC(C)c1ccccc1C1CP(C)(=O)CCN1C(C)C. The van der Waals surface area contributed by atoms with Crippen molar-refractivity contribution in [3.63, 3.8) is 0 Å². The van der Waals surface area contributed by atoms with Gasteiger partial charge in [0.25, 0.3) is 0 Å². The summed E-state index contributed by atoms with van der Waals surface area (Å²) in [5.74, 6) is 0.512. The maximum Gasteiger partial charge on any atom is 0.0879 e. The van der Waals surface area contributed by atoms with E-state index in [2.05, 4.69) is 56.9 Å². The molecule has 0 saturated carbocycles. The summed E-state index contributed by atoms with van der Waals surface area (Å²) in [4.78, 5) is 2.53. The van der Waals surface area contributed by atoms with Gasteiger partial charge in [-0.05, 0) is 37.6 Å². The third-order valence-electron chi connectivity index (χ3n) is 4.43. The lowest BCUT2D eigenvalue weighted by Crippen LogP contribution is -2.42. The highest BCUT2D eigenvalue weighted by atomic mass is 31.2. The third-order valence-corrected chi connectivity index (χ3v) is 6.70. The Hall–Kier alpha value is -0.590. The molecule has 0 aromatic heterocycles. The Morgan fingerprint density at radius 3 is 2.45 bits per heavy atom. The summed E-state index contributed by atoms with van der Waals surface area (Å²) < 4.78 is 12.6. The second-order valence-corrected chi connectivity index (χ2v) is 10.2. The molecule has 1 heterocycles. The van der Waals surface area contributed by atoms with Crippen molar-refractivity contribution in [3.8, 4) is 0 Å². The number of hydrogen-bond donors (Lipinski definition) is 0. The van der Waals surface area contributed by atoms with Gasteiger partial charge in [0.2, 0.25) is 0 Å². The summed E-state index contributed by atoms with van der Waals surface area (Å²) in [5, 5.41) is 0. The van der Waals surface area contributed by atoms with Crippen LogP contribution < -0.4 is 0 Å². The largest absolute Gasteiger partial charge is 0.324 e. The number of benzene rings is 1. The summed E-state index contributed by atoms with van der Waals surface area (Å²) >= 11 is 0. The van der Waals surface area contributed by atoms with E-state index in [1.807, 2.05) is 6.66 Å². The van der Waals surface area contributed by atoms with Crippen molar-refractivity contribution in [2.45, 2.75) is 45.7 Å². The first-order valence-corrected chi connectivity index (χ1v) is 10.2. The molecule has 0 N–H and O–H groups in total. The van der Waals surface area contributed by atoms with Gasteiger partial charge in [0.1, 0.15) is 0 Å². The standard InChI is InChI=1S/C17H28NOP/c1-13(2)15-8-6-7-9-16(15)17-12-20(5,19)11-10-18(17)14(3)4/h6-9,13-14,17H,10-12H2,1-5H3. The van der Waals surface area contributed by atoms with Crippen LogP contribution in [0.3, 0.4) is 0 Å². The normalized spacial score (nSPS) is 28.2. The van der Waals surface area contributed by atoms with Gasteiger partial charge in [-0.2, -0.15) is 0 Å². The van der Waals surface area contributed by atoms with E-state index in [1.54, 1.807) is 0 Å². The van der Waals surface area contributed by atoms with Crippen LogP contribution in [-0.4, -0.2) is 36.5 Å². The van der Waals surface area contributed by atoms with Gasteiger partial charge in [-0.25, -0.2) is 0 Å². The van der Waals surface area contributed by atoms with Crippen LogP contribution in [0.15, 0.2) is 24.3 Å². The van der Waals surface area contributed by atoms with Crippen LogP contribution in [-0.2, 0) is 4.57 Å². The van der Waals surface area contributed by atoms with Crippen molar-refractivity contribution in [1.29, 1.82) is 0 Å². The van der Waals surface area contributed by atoms with Crippen LogP contribution in [0.2, 0.25) is 0 Å². The van der Waals surface area contributed by atoms with E-state index in [0.717, 1.165) is 18.9 Å². The van der Waals surface area contributed by atoms with Crippen molar-refractivity contribution >= 4 is 7.14 Å². The summed E-state index contributed by atoms with van der Waals surface area (Å²) in [5.41, 5.74) is 2.79. The molecule has 1 aliphatic rings. The second-order valence-electron chi connectivity index (χ2n) is 6.83. The zero-order chi connectivity index (χ0) is 14.9. The van der Waals surface area contributed by atoms with Gasteiger partial charge in [-0.1, -0.05) is 38.1 Å². The van der Waals surface area contributed by atoms with Gasteiger partial charge in [0, 0.05) is 31.0 Å². The highest BCUT2D eigenvalue weighted by molar-refractivity contribution is 7.63. The first kappa shape index (κ1) is 15.8. The molecule has 0 radical (unpaired) electrons. The Bertz CT molecular complexity index is 509. The molecule has 1 fully saturated rings. The minimum atomic E-state index is -1.98. The monoisotopic (exact) mass is 293 g/mol. The van der Waals surface area contributed by atoms with E-state index >= 15 is 0 Å². The number of rotatable bonds is 3. The highest BCUT2D eigenvalue weighted by Gasteiger charge is 2.35. The Labute approximate surface area is 123 Å². The molecule has 1 saturated heterocycles. The molecule has 0 spiro atoms. The van der Waals surface area contributed by atoms with Crippen LogP contribution in [0.25, 0.3) is 0 Å². The fraction of sp³-hybridized carbons (Fsp3) is 0.647. The average molecular weight is 293 g/mol. The molecule has 1 aromatic carbocycles. The number of hydrogen-bond acceptors (Lipinski definition) is 2. The lowest BCUT2D eigenvalue weighted by molar-refractivity contribution is 0.168. The Morgan fingerprint density at radius 2 is 1.85 bits per heavy atom. The molecule has 112 valence electrons. The molecule has 1 aliphatic heterocycles. The van der Waals surface area contributed by atoms with Crippen molar-refractivity contribution in [3.05, 3.63) is 35.4 Å². The van der Waals surface area contributed by atoms with Gasteiger partial charge in [0.15, 0.2) is 0 Å². The quantitative estimate of drug-likeness (QED) is 0.761. The minimum Gasteiger partial charge on any atom is -0.324 e. The molecule has 3 heteroatoms. The van der Waals surface area contributed by atoms with Gasteiger partial charge >= 0.3 is 0 Å². The molecule has 2 atom stereocenters.